The molecule has 3 aliphatic rings. The van der Waals surface area contributed by atoms with Crippen LogP contribution >= 0.6 is 23.2 Å². The van der Waals surface area contributed by atoms with E-state index in [9.17, 15) is 0 Å². The van der Waals surface area contributed by atoms with Gasteiger partial charge in [-0.25, -0.2) is 0 Å². The second-order valence-corrected chi connectivity index (χ2v) is 9.42. The number of hydrogen-bond donors (Lipinski definition) is 0. The van der Waals surface area contributed by atoms with Crippen molar-refractivity contribution in [2.45, 2.75) is 44.9 Å². The molecule has 122 valence electrons. The van der Waals surface area contributed by atoms with Crippen molar-refractivity contribution in [1.82, 2.24) is 0 Å². The zero-order valence-electron chi connectivity index (χ0n) is 14.4. The van der Waals surface area contributed by atoms with Crippen molar-refractivity contribution in [3.8, 4) is 0 Å². The van der Waals surface area contributed by atoms with Gasteiger partial charge >= 0.3 is 0 Å². The quantitative estimate of drug-likeness (QED) is 0.479. The van der Waals surface area contributed by atoms with Crippen LogP contribution in [0, 0.1) is 5.41 Å². The van der Waals surface area contributed by atoms with Crippen molar-refractivity contribution in [3.05, 3.63) is 74.3 Å². The molecule has 24 heavy (non-hydrogen) atoms. The Morgan fingerprint density at radius 3 is 2.17 bits per heavy atom. The molecule has 2 aromatic carbocycles. The molecule has 3 aliphatic carbocycles. The smallest absolute Gasteiger partial charge is 0.0499 e. The molecule has 0 saturated heterocycles. The van der Waals surface area contributed by atoms with E-state index in [1.807, 2.05) is 6.07 Å². The van der Waals surface area contributed by atoms with Gasteiger partial charge in [0.05, 0.1) is 0 Å². The molecule has 2 atom stereocenters. The zero-order valence-corrected chi connectivity index (χ0v) is 15.9. The third-order valence-corrected chi connectivity index (χ3v) is 7.16. The van der Waals surface area contributed by atoms with E-state index in [0.29, 0.717) is 11.8 Å². The number of allylic oxidation sites excluding steroid dienone is 2. The standard InChI is InChI=1S/C22H20Cl2/c1-21(2)14-9-11(23)10-15(24)16(14)17-18-12-7-5-6-8-13(12)19(20(17)21)22(18,3)4/h5-10,18-19H,1-4H3. The summed E-state index contributed by atoms with van der Waals surface area (Å²) in [6, 6.07) is 13.0. The summed E-state index contributed by atoms with van der Waals surface area (Å²) in [4.78, 5) is 0. The van der Waals surface area contributed by atoms with Crippen LogP contribution in [0.3, 0.4) is 0 Å². The monoisotopic (exact) mass is 354 g/mol. The summed E-state index contributed by atoms with van der Waals surface area (Å²) < 4.78 is 0. The van der Waals surface area contributed by atoms with Gasteiger partial charge in [-0.15, -0.1) is 0 Å². The Hall–Kier alpha value is -1.24. The summed E-state index contributed by atoms with van der Waals surface area (Å²) >= 11 is 13.1. The second kappa shape index (κ2) is 4.29. The topological polar surface area (TPSA) is 0 Å². The molecule has 0 radical (unpaired) electrons. The van der Waals surface area contributed by atoms with Crippen molar-refractivity contribution >= 4 is 28.8 Å². The lowest BCUT2D eigenvalue weighted by Gasteiger charge is -2.35. The van der Waals surface area contributed by atoms with Crippen LogP contribution in [0.25, 0.3) is 5.57 Å². The molecule has 0 nitrogen and oxygen atoms in total. The van der Waals surface area contributed by atoms with Gasteiger partial charge in [0.2, 0.25) is 0 Å². The van der Waals surface area contributed by atoms with E-state index in [1.165, 1.54) is 27.8 Å². The first-order valence-electron chi connectivity index (χ1n) is 8.59. The molecule has 0 fully saturated rings. The van der Waals surface area contributed by atoms with Gasteiger partial charge in [0, 0.05) is 32.9 Å². The number of halogens is 2. The summed E-state index contributed by atoms with van der Waals surface area (Å²) in [5.41, 5.74) is 8.76. The maximum Gasteiger partial charge on any atom is 0.0499 e. The van der Waals surface area contributed by atoms with Crippen LogP contribution in [0.1, 0.15) is 61.8 Å². The van der Waals surface area contributed by atoms with Gasteiger partial charge in [-0.1, -0.05) is 75.2 Å². The van der Waals surface area contributed by atoms with E-state index in [0.717, 1.165) is 10.0 Å². The average molecular weight is 355 g/mol. The Morgan fingerprint density at radius 2 is 1.50 bits per heavy atom. The van der Waals surface area contributed by atoms with Crippen LogP contribution < -0.4 is 0 Å². The van der Waals surface area contributed by atoms with E-state index in [1.54, 1.807) is 5.57 Å². The zero-order chi connectivity index (χ0) is 17.0. The molecule has 0 amide bonds. The highest BCUT2D eigenvalue weighted by Crippen LogP contribution is 2.75. The largest absolute Gasteiger partial charge is 0.0843 e. The summed E-state index contributed by atoms with van der Waals surface area (Å²) in [5, 5.41) is 1.54. The SMILES string of the molecule is CC1(C)C2=C(c3c(Cl)cc(Cl)cc31)C1c3ccccc3C2C1(C)C. The molecular weight excluding hydrogens is 335 g/mol. The minimum absolute atomic E-state index is 0.0244. The molecule has 0 heterocycles. The van der Waals surface area contributed by atoms with E-state index >= 15 is 0 Å². The maximum atomic E-state index is 6.71. The third-order valence-electron chi connectivity index (χ3n) is 6.64. The van der Waals surface area contributed by atoms with E-state index in [4.69, 9.17) is 23.2 Å². The third kappa shape index (κ3) is 1.49. The van der Waals surface area contributed by atoms with Crippen LogP contribution in [0.15, 0.2) is 42.0 Å². The molecule has 0 saturated carbocycles. The van der Waals surface area contributed by atoms with Crippen LogP contribution in [0.4, 0.5) is 0 Å². The Labute approximate surface area is 153 Å². The van der Waals surface area contributed by atoms with Gasteiger partial charge in [0.15, 0.2) is 0 Å². The van der Waals surface area contributed by atoms with E-state index < -0.39 is 0 Å². The van der Waals surface area contributed by atoms with E-state index in [2.05, 4.69) is 58.0 Å². The molecule has 5 rings (SSSR count). The van der Waals surface area contributed by atoms with Crippen LogP contribution in [-0.4, -0.2) is 0 Å². The second-order valence-electron chi connectivity index (χ2n) is 8.58. The molecule has 2 aromatic rings. The number of fused-ring (bicyclic) bond motifs is 9. The fourth-order valence-electron chi connectivity index (χ4n) is 5.83. The van der Waals surface area contributed by atoms with Gasteiger partial charge in [0.25, 0.3) is 0 Å². The van der Waals surface area contributed by atoms with Crippen LogP contribution in [0.2, 0.25) is 10.0 Å². The highest BCUT2D eigenvalue weighted by molar-refractivity contribution is 6.36. The lowest BCUT2D eigenvalue weighted by atomic mass is 9.68. The van der Waals surface area contributed by atoms with Gasteiger partial charge in [-0.3, -0.25) is 0 Å². The first-order valence-corrected chi connectivity index (χ1v) is 9.35. The Balaban J connectivity index is 1.88. The highest BCUT2D eigenvalue weighted by atomic mass is 35.5. The lowest BCUT2D eigenvalue weighted by molar-refractivity contribution is 0.325. The molecule has 2 heteroatoms. The minimum Gasteiger partial charge on any atom is -0.0843 e. The number of benzene rings is 2. The van der Waals surface area contributed by atoms with Crippen molar-refractivity contribution < 1.29 is 0 Å². The first kappa shape index (κ1) is 15.0. The summed E-state index contributed by atoms with van der Waals surface area (Å²) in [5.74, 6) is 0.888. The average Bonchev–Trinajstić information content (AvgIpc) is 2.97. The number of hydrogen-bond acceptors (Lipinski definition) is 0. The predicted octanol–water partition coefficient (Wildman–Crippen LogP) is 6.96. The summed E-state index contributed by atoms with van der Waals surface area (Å²) in [6.45, 7) is 9.50. The van der Waals surface area contributed by atoms with Crippen LogP contribution in [-0.2, 0) is 5.41 Å². The molecule has 2 bridgehead atoms. The van der Waals surface area contributed by atoms with Crippen molar-refractivity contribution in [2.24, 2.45) is 5.41 Å². The molecule has 0 aliphatic heterocycles. The van der Waals surface area contributed by atoms with Gasteiger partial charge in [0.1, 0.15) is 0 Å². The fourth-order valence-corrected chi connectivity index (χ4v) is 6.43. The summed E-state index contributed by atoms with van der Waals surface area (Å²) in [7, 11) is 0. The van der Waals surface area contributed by atoms with Gasteiger partial charge in [-0.05, 0) is 45.4 Å². The minimum atomic E-state index is -0.0244. The predicted molar refractivity (Wildman–Crippen MR) is 102 cm³/mol. The molecular formula is C22H20Cl2. The Bertz CT molecular complexity index is 946. The Kier molecular flexibility index (Phi) is 2.69. The molecule has 0 spiro atoms. The molecule has 2 unspecified atom stereocenters. The van der Waals surface area contributed by atoms with Gasteiger partial charge < -0.3 is 0 Å². The first-order chi connectivity index (χ1) is 11.3. The summed E-state index contributed by atoms with van der Waals surface area (Å²) in [6.07, 6.45) is 0. The Morgan fingerprint density at radius 1 is 0.875 bits per heavy atom. The van der Waals surface area contributed by atoms with Crippen molar-refractivity contribution in [1.29, 1.82) is 0 Å². The van der Waals surface area contributed by atoms with Crippen molar-refractivity contribution in [3.63, 3.8) is 0 Å². The lowest BCUT2D eigenvalue weighted by Crippen LogP contribution is -2.26. The maximum absolute atomic E-state index is 6.71. The fraction of sp³-hybridized carbons (Fsp3) is 0.364. The molecule has 0 N–H and O–H groups in total. The van der Waals surface area contributed by atoms with E-state index in [-0.39, 0.29) is 10.8 Å². The molecule has 0 aromatic heterocycles. The number of rotatable bonds is 0. The normalized spacial score (nSPS) is 27.2. The van der Waals surface area contributed by atoms with Crippen LogP contribution in [0.5, 0.6) is 0 Å². The highest BCUT2D eigenvalue weighted by Gasteiger charge is 2.62. The van der Waals surface area contributed by atoms with Crippen molar-refractivity contribution in [2.75, 3.05) is 0 Å². The van der Waals surface area contributed by atoms with Gasteiger partial charge in [-0.2, -0.15) is 0 Å².